The topological polar surface area (TPSA) is 76.0 Å². The molecule has 18 heavy (non-hydrogen) atoms. The Morgan fingerprint density at radius 3 is 2.44 bits per heavy atom. The summed E-state index contributed by atoms with van der Waals surface area (Å²) in [5.41, 5.74) is 0. The van der Waals surface area contributed by atoms with Crippen LogP contribution in [0.5, 0.6) is 0 Å². The van der Waals surface area contributed by atoms with E-state index in [1.54, 1.807) is 6.08 Å². The third-order valence-corrected chi connectivity index (χ3v) is 3.35. The van der Waals surface area contributed by atoms with Gasteiger partial charge in [-0.15, -0.1) is 0 Å². The quantitative estimate of drug-likeness (QED) is 0.540. The predicted molar refractivity (Wildman–Crippen MR) is 65.9 cm³/mol. The van der Waals surface area contributed by atoms with Crippen LogP contribution >= 0.6 is 0 Å². The van der Waals surface area contributed by atoms with Crippen molar-refractivity contribution in [3.63, 3.8) is 0 Å². The number of aliphatic hydroxyl groups excluding tert-OH is 2. The van der Waals surface area contributed by atoms with Crippen LogP contribution in [0.25, 0.3) is 0 Å². The molecule has 4 atom stereocenters. The molecule has 0 amide bonds. The van der Waals surface area contributed by atoms with Gasteiger partial charge in [0.2, 0.25) is 0 Å². The molecule has 0 unspecified atom stereocenters. The van der Waals surface area contributed by atoms with Gasteiger partial charge in [-0.3, -0.25) is 0 Å². The first-order valence-electron chi connectivity index (χ1n) is 6.32. The number of ether oxygens (including phenoxy) is 2. The molecular weight excluding hydrogens is 236 g/mol. The van der Waals surface area contributed by atoms with E-state index in [9.17, 15) is 15.0 Å². The van der Waals surface area contributed by atoms with Crippen molar-refractivity contribution in [2.75, 3.05) is 7.11 Å². The second-order valence-corrected chi connectivity index (χ2v) is 4.50. The fraction of sp³-hybridized carbons (Fsp3) is 0.769. The standard InChI is InChI=1S/C13H22O5/c1-4-8(5-2)6-7-9(14)11-10(15)12(17-3)13(16)18-11/h6-12,14-15H,4-5H2,1-3H3/b7-6+/t9-,10-,11+,12-/m1/s1. The Labute approximate surface area is 107 Å². The molecule has 0 radical (unpaired) electrons. The van der Waals surface area contributed by atoms with Crippen molar-refractivity contribution in [1.82, 2.24) is 0 Å². The fourth-order valence-corrected chi connectivity index (χ4v) is 2.03. The van der Waals surface area contributed by atoms with Crippen LogP contribution in [0, 0.1) is 5.92 Å². The van der Waals surface area contributed by atoms with Crippen molar-refractivity contribution in [2.24, 2.45) is 5.92 Å². The zero-order valence-corrected chi connectivity index (χ0v) is 11.1. The number of hydrogen-bond acceptors (Lipinski definition) is 5. The molecule has 1 heterocycles. The minimum Gasteiger partial charge on any atom is -0.454 e. The average molecular weight is 258 g/mol. The molecule has 0 spiro atoms. The van der Waals surface area contributed by atoms with E-state index in [-0.39, 0.29) is 0 Å². The lowest BCUT2D eigenvalue weighted by Gasteiger charge is -2.18. The highest BCUT2D eigenvalue weighted by atomic mass is 16.6. The van der Waals surface area contributed by atoms with Gasteiger partial charge in [0.15, 0.2) is 12.2 Å². The number of carbonyl (C=O) groups is 1. The van der Waals surface area contributed by atoms with Gasteiger partial charge < -0.3 is 19.7 Å². The predicted octanol–water partition coefficient (Wildman–Crippen LogP) is 0.641. The van der Waals surface area contributed by atoms with Crippen molar-refractivity contribution >= 4 is 5.97 Å². The fourth-order valence-electron chi connectivity index (χ4n) is 2.03. The van der Waals surface area contributed by atoms with Gasteiger partial charge in [0.05, 0.1) is 0 Å². The van der Waals surface area contributed by atoms with Crippen LogP contribution in [0.2, 0.25) is 0 Å². The summed E-state index contributed by atoms with van der Waals surface area (Å²) in [6.45, 7) is 4.13. The summed E-state index contributed by atoms with van der Waals surface area (Å²) in [6.07, 6.45) is 1.33. The van der Waals surface area contributed by atoms with E-state index >= 15 is 0 Å². The van der Waals surface area contributed by atoms with Gasteiger partial charge in [0, 0.05) is 7.11 Å². The number of rotatable bonds is 6. The first-order chi connectivity index (χ1) is 8.54. The molecule has 0 aromatic carbocycles. The first-order valence-corrected chi connectivity index (χ1v) is 6.32. The van der Waals surface area contributed by atoms with Gasteiger partial charge >= 0.3 is 5.97 Å². The lowest BCUT2D eigenvalue weighted by atomic mass is 10.00. The van der Waals surface area contributed by atoms with Gasteiger partial charge in [0.25, 0.3) is 0 Å². The van der Waals surface area contributed by atoms with Gasteiger partial charge in [-0.1, -0.05) is 26.0 Å². The number of allylic oxidation sites excluding steroid dienone is 1. The molecular formula is C13H22O5. The number of carbonyl (C=O) groups excluding carboxylic acids is 1. The summed E-state index contributed by atoms with van der Waals surface area (Å²) in [7, 11) is 1.32. The molecule has 2 N–H and O–H groups in total. The van der Waals surface area contributed by atoms with E-state index in [1.165, 1.54) is 7.11 Å². The SMILES string of the molecule is CCC(/C=C/[C@@H](O)[C@@H]1OC(=O)[C@H](OC)[C@@H]1O)CC. The Morgan fingerprint density at radius 2 is 2.00 bits per heavy atom. The Balaban J connectivity index is 2.62. The maximum absolute atomic E-state index is 11.3. The normalized spacial score (nSPS) is 30.1. The summed E-state index contributed by atoms with van der Waals surface area (Å²) in [5.74, 6) is -0.253. The van der Waals surface area contributed by atoms with E-state index in [0.29, 0.717) is 5.92 Å². The van der Waals surface area contributed by atoms with Crippen molar-refractivity contribution < 1.29 is 24.5 Å². The van der Waals surface area contributed by atoms with Gasteiger partial charge in [0.1, 0.15) is 12.2 Å². The van der Waals surface area contributed by atoms with Gasteiger partial charge in [-0.2, -0.15) is 0 Å². The maximum atomic E-state index is 11.3. The monoisotopic (exact) mass is 258 g/mol. The molecule has 0 aliphatic carbocycles. The molecule has 0 saturated carbocycles. The number of esters is 1. The van der Waals surface area contributed by atoms with Crippen LogP contribution in [0.1, 0.15) is 26.7 Å². The van der Waals surface area contributed by atoms with E-state index in [2.05, 4.69) is 13.8 Å². The number of cyclic esters (lactones) is 1. The molecule has 1 rings (SSSR count). The third kappa shape index (κ3) is 3.31. The summed E-state index contributed by atoms with van der Waals surface area (Å²) < 4.78 is 9.75. The summed E-state index contributed by atoms with van der Waals surface area (Å²) in [4.78, 5) is 11.3. The zero-order chi connectivity index (χ0) is 13.7. The van der Waals surface area contributed by atoms with Crippen LogP contribution in [-0.4, -0.2) is 47.7 Å². The van der Waals surface area contributed by atoms with Gasteiger partial charge in [-0.25, -0.2) is 4.79 Å². The molecule has 1 saturated heterocycles. The van der Waals surface area contributed by atoms with E-state index in [0.717, 1.165) is 12.8 Å². The van der Waals surface area contributed by atoms with E-state index in [1.807, 2.05) is 6.08 Å². The van der Waals surface area contributed by atoms with Crippen LogP contribution in [0.15, 0.2) is 12.2 Å². The Morgan fingerprint density at radius 1 is 1.39 bits per heavy atom. The molecule has 1 aliphatic heterocycles. The first kappa shape index (κ1) is 15.1. The Hall–Kier alpha value is -0.910. The third-order valence-electron chi connectivity index (χ3n) is 3.35. The largest absolute Gasteiger partial charge is 0.454 e. The van der Waals surface area contributed by atoms with E-state index < -0.39 is 30.4 Å². The minimum atomic E-state index is -1.14. The van der Waals surface area contributed by atoms with Gasteiger partial charge in [-0.05, 0) is 18.8 Å². The molecule has 0 aromatic heterocycles. The second-order valence-electron chi connectivity index (χ2n) is 4.50. The molecule has 104 valence electrons. The van der Waals surface area contributed by atoms with Crippen molar-refractivity contribution in [1.29, 1.82) is 0 Å². The maximum Gasteiger partial charge on any atom is 0.338 e. The molecule has 1 aliphatic rings. The number of hydrogen-bond donors (Lipinski definition) is 2. The zero-order valence-electron chi connectivity index (χ0n) is 11.1. The average Bonchev–Trinajstić information content (AvgIpc) is 2.65. The number of aliphatic hydroxyl groups is 2. The Kier molecular flexibility index (Phi) is 5.78. The molecule has 1 fully saturated rings. The highest BCUT2D eigenvalue weighted by molar-refractivity contribution is 5.78. The molecule has 0 aromatic rings. The molecule has 5 heteroatoms. The lowest BCUT2D eigenvalue weighted by molar-refractivity contribution is -0.150. The van der Waals surface area contributed by atoms with E-state index in [4.69, 9.17) is 9.47 Å². The number of methoxy groups -OCH3 is 1. The highest BCUT2D eigenvalue weighted by Gasteiger charge is 2.46. The lowest BCUT2D eigenvalue weighted by Crippen LogP contribution is -2.38. The molecule has 5 nitrogen and oxygen atoms in total. The van der Waals surface area contributed by atoms with Crippen LogP contribution in [0.4, 0.5) is 0 Å². The second kappa shape index (κ2) is 6.87. The molecule has 0 bridgehead atoms. The highest BCUT2D eigenvalue weighted by Crippen LogP contribution is 2.22. The van der Waals surface area contributed by atoms with Crippen molar-refractivity contribution in [3.05, 3.63) is 12.2 Å². The minimum absolute atomic E-state index is 0.382. The van der Waals surface area contributed by atoms with Crippen molar-refractivity contribution in [3.8, 4) is 0 Å². The van der Waals surface area contributed by atoms with Crippen molar-refractivity contribution in [2.45, 2.75) is 51.1 Å². The summed E-state index contributed by atoms with van der Waals surface area (Å²) in [6, 6.07) is 0. The van der Waals surface area contributed by atoms with Crippen LogP contribution < -0.4 is 0 Å². The Bertz CT molecular complexity index is 298. The summed E-state index contributed by atoms with van der Waals surface area (Å²) in [5, 5.41) is 19.7. The van der Waals surface area contributed by atoms with Crippen LogP contribution in [0.3, 0.4) is 0 Å². The van der Waals surface area contributed by atoms with Crippen LogP contribution in [-0.2, 0) is 14.3 Å². The smallest absolute Gasteiger partial charge is 0.338 e. The summed E-state index contributed by atoms with van der Waals surface area (Å²) >= 11 is 0.